The molecule has 19 heavy (non-hydrogen) atoms. The first-order chi connectivity index (χ1) is 9.33. The largest absolute Gasteiger partial charge is 0.396 e. The summed E-state index contributed by atoms with van der Waals surface area (Å²) in [5, 5.41) is 12.3. The minimum atomic E-state index is 0.319. The van der Waals surface area contributed by atoms with Gasteiger partial charge in [-0.25, -0.2) is 0 Å². The van der Waals surface area contributed by atoms with Crippen LogP contribution in [0.5, 0.6) is 0 Å². The number of rotatable bonds is 6. The van der Waals surface area contributed by atoms with Crippen molar-refractivity contribution in [2.24, 2.45) is 0 Å². The molecular weight excluding hydrogens is 236 g/mol. The van der Waals surface area contributed by atoms with Gasteiger partial charge in [-0.05, 0) is 56.9 Å². The van der Waals surface area contributed by atoms with Crippen molar-refractivity contribution in [3.05, 3.63) is 35.4 Å². The van der Waals surface area contributed by atoms with E-state index >= 15 is 0 Å². The molecule has 1 heterocycles. The predicted molar refractivity (Wildman–Crippen MR) is 79.1 cm³/mol. The van der Waals surface area contributed by atoms with E-state index < -0.39 is 0 Å². The smallest absolute Gasteiger partial charge is 0.0431 e. The van der Waals surface area contributed by atoms with E-state index in [9.17, 15) is 0 Å². The third-order valence-corrected chi connectivity index (χ3v) is 4.03. The Kier molecular flexibility index (Phi) is 5.83. The van der Waals surface area contributed by atoms with Gasteiger partial charge in [0.05, 0.1) is 0 Å². The summed E-state index contributed by atoms with van der Waals surface area (Å²) < 4.78 is 0. The second-order valence-corrected chi connectivity index (χ2v) is 5.44. The molecule has 2 rings (SSSR count). The fourth-order valence-corrected chi connectivity index (χ4v) is 2.90. The fraction of sp³-hybridized carbons (Fsp3) is 0.625. The maximum Gasteiger partial charge on any atom is 0.0431 e. The van der Waals surface area contributed by atoms with Crippen LogP contribution in [0.4, 0.5) is 0 Å². The number of nitrogens with zero attached hydrogens (tertiary/aromatic N) is 1. The highest BCUT2D eigenvalue weighted by atomic mass is 16.2. The average molecular weight is 262 g/mol. The number of benzene rings is 1. The minimum absolute atomic E-state index is 0.319. The van der Waals surface area contributed by atoms with Gasteiger partial charge in [-0.3, -0.25) is 4.90 Å². The Hall–Kier alpha value is -0.900. The predicted octanol–water partition coefficient (Wildman–Crippen LogP) is 2.32. The Morgan fingerprint density at radius 3 is 2.95 bits per heavy atom. The van der Waals surface area contributed by atoms with Gasteiger partial charge in [0.2, 0.25) is 0 Å². The zero-order valence-corrected chi connectivity index (χ0v) is 11.9. The first-order valence-electron chi connectivity index (χ1n) is 7.42. The molecule has 0 bridgehead atoms. The molecule has 1 aromatic rings. The van der Waals surface area contributed by atoms with Crippen molar-refractivity contribution in [2.75, 3.05) is 26.7 Å². The Morgan fingerprint density at radius 2 is 2.11 bits per heavy atom. The highest BCUT2D eigenvalue weighted by Gasteiger charge is 2.21. The van der Waals surface area contributed by atoms with E-state index in [4.69, 9.17) is 5.11 Å². The van der Waals surface area contributed by atoms with Crippen LogP contribution in [0.3, 0.4) is 0 Å². The SMILES string of the molecule is CN(CCCCCO)C1CCNCc2ccccc21. The van der Waals surface area contributed by atoms with E-state index in [2.05, 4.69) is 41.5 Å². The summed E-state index contributed by atoms with van der Waals surface area (Å²) in [6.07, 6.45) is 4.39. The highest BCUT2D eigenvalue weighted by Crippen LogP contribution is 2.28. The van der Waals surface area contributed by atoms with Gasteiger partial charge >= 0.3 is 0 Å². The number of hydrogen-bond donors (Lipinski definition) is 2. The lowest BCUT2D eigenvalue weighted by Crippen LogP contribution is -2.27. The van der Waals surface area contributed by atoms with Crippen LogP contribution in [0.15, 0.2) is 24.3 Å². The van der Waals surface area contributed by atoms with E-state index in [1.165, 1.54) is 24.0 Å². The van der Waals surface area contributed by atoms with Crippen molar-refractivity contribution in [3.63, 3.8) is 0 Å². The number of nitrogens with one attached hydrogen (secondary N) is 1. The molecule has 2 N–H and O–H groups in total. The van der Waals surface area contributed by atoms with Gasteiger partial charge in [0, 0.05) is 19.2 Å². The van der Waals surface area contributed by atoms with Crippen molar-refractivity contribution >= 4 is 0 Å². The van der Waals surface area contributed by atoms with Crippen LogP contribution in [-0.2, 0) is 6.54 Å². The van der Waals surface area contributed by atoms with Crippen LogP contribution >= 0.6 is 0 Å². The Bertz CT molecular complexity index is 381. The summed E-state index contributed by atoms with van der Waals surface area (Å²) >= 11 is 0. The first kappa shape index (κ1) is 14.5. The van der Waals surface area contributed by atoms with E-state index in [1.807, 2.05) is 0 Å². The van der Waals surface area contributed by atoms with E-state index in [0.717, 1.165) is 32.5 Å². The number of aliphatic hydroxyl groups is 1. The molecule has 1 atom stereocenters. The molecule has 1 aliphatic rings. The summed E-state index contributed by atoms with van der Waals surface area (Å²) in [6, 6.07) is 9.32. The van der Waals surface area contributed by atoms with Crippen molar-refractivity contribution in [1.82, 2.24) is 10.2 Å². The van der Waals surface area contributed by atoms with Crippen LogP contribution < -0.4 is 5.32 Å². The van der Waals surface area contributed by atoms with Gasteiger partial charge in [-0.15, -0.1) is 0 Å². The number of hydrogen-bond acceptors (Lipinski definition) is 3. The van der Waals surface area contributed by atoms with Crippen LogP contribution in [-0.4, -0.2) is 36.8 Å². The Balaban J connectivity index is 1.98. The Labute approximate surface area is 116 Å². The molecule has 0 amide bonds. The molecule has 1 unspecified atom stereocenters. The molecule has 0 spiro atoms. The van der Waals surface area contributed by atoms with E-state index in [1.54, 1.807) is 0 Å². The minimum Gasteiger partial charge on any atom is -0.396 e. The maximum atomic E-state index is 8.83. The topological polar surface area (TPSA) is 35.5 Å². The molecule has 1 aliphatic heterocycles. The molecule has 3 nitrogen and oxygen atoms in total. The molecule has 0 aromatic heterocycles. The zero-order valence-electron chi connectivity index (χ0n) is 11.9. The standard InChI is InChI=1S/C16H26N2O/c1-18(11-5-2-6-12-19)16-9-10-17-13-14-7-3-4-8-15(14)16/h3-4,7-8,16-17,19H,2,5-6,9-13H2,1H3. The van der Waals surface area contributed by atoms with Gasteiger partial charge in [0.25, 0.3) is 0 Å². The molecule has 0 saturated heterocycles. The van der Waals surface area contributed by atoms with E-state index in [-0.39, 0.29) is 0 Å². The van der Waals surface area contributed by atoms with Crippen molar-refractivity contribution in [2.45, 2.75) is 38.3 Å². The van der Waals surface area contributed by atoms with Crippen LogP contribution in [0, 0.1) is 0 Å². The quantitative estimate of drug-likeness (QED) is 0.772. The van der Waals surface area contributed by atoms with Gasteiger partial charge in [-0.1, -0.05) is 24.3 Å². The third kappa shape index (κ3) is 4.03. The Morgan fingerprint density at radius 1 is 1.26 bits per heavy atom. The number of unbranched alkanes of at least 4 members (excludes halogenated alkanes) is 2. The maximum absolute atomic E-state index is 8.83. The fourth-order valence-electron chi connectivity index (χ4n) is 2.90. The second kappa shape index (κ2) is 7.63. The second-order valence-electron chi connectivity index (χ2n) is 5.44. The molecule has 0 aliphatic carbocycles. The van der Waals surface area contributed by atoms with Gasteiger partial charge in [0.1, 0.15) is 0 Å². The lowest BCUT2D eigenvalue weighted by Gasteiger charge is -2.28. The first-order valence-corrected chi connectivity index (χ1v) is 7.42. The lowest BCUT2D eigenvalue weighted by atomic mass is 9.98. The molecule has 3 heteroatoms. The molecule has 0 fully saturated rings. The lowest BCUT2D eigenvalue weighted by molar-refractivity contribution is 0.224. The van der Waals surface area contributed by atoms with Gasteiger partial charge < -0.3 is 10.4 Å². The molecule has 0 radical (unpaired) electrons. The summed E-state index contributed by atoms with van der Waals surface area (Å²) in [5.41, 5.74) is 2.92. The monoisotopic (exact) mass is 262 g/mol. The van der Waals surface area contributed by atoms with Crippen LogP contribution in [0.25, 0.3) is 0 Å². The average Bonchev–Trinajstić information content (AvgIpc) is 2.66. The molecule has 1 aromatic carbocycles. The summed E-state index contributed by atoms with van der Waals surface area (Å²) in [6.45, 7) is 3.50. The number of aliphatic hydroxyl groups excluding tert-OH is 1. The highest BCUT2D eigenvalue weighted by molar-refractivity contribution is 5.31. The summed E-state index contributed by atoms with van der Waals surface area (Å²) in [7, 11) is 2.23. The number of fused-ring (bicyclic) bond motifs is 1. The van der Waals surface area contributed by atoms with Crippen LogP contribution in [0.2, 0.25) is 0 Å². The van der Waals surface area contributed by atoms with Crippen molar-refractivity contribution < 1.29 is 5.11 Å². The van der Waals surface area contributed by atoms with Gasteiger partial charge in [0.15, 0.2) is 0 Å². The molecule has 0 saturated carbocycles. The van der Waals surface area contributed by atoms with Crippen molar-refractivity contribution in [1.29, 1.82) is 0 Å². The zero-order chi connectivity index (χ0) is 13.5. The van der Waals surface area contributed by atoms with E-state index in [0.29, 0.717) is 12.6 Å². The normalized spacial score (nSPS) is 19.2. The summed E-state index contributed by atoms with van der Waals surface area (Å²) in [4.78, 5) is 2.48. The van der Waals surface area contributed by atoms with Crippen LogP contribution in [0.1, 0.15) is 42.9 Å². The summed E-state index contributed by atoms with van der Waals surface area (Å²) in [5.74, 6) is 0. The third-order valence-electron chi connectivity index (χ3n) is 4.03. The molecule has 106 valence electrons. The van der Waals surface area contributed by atoms with Crippen molar-refractivity contribution in [3.8, 4) is 0 Å². The molecular formula is C16H26N2O. The van der Waals surface area contributed by atoms with Gasteiger partial charge in [-0.2, -0.15) is 0 Å².